The van der Waals surface area contributed by atoms with Crippen LogP contribution in [0.25, 0.3) is 0 Å². The molecule has 0 unspecified atom stereocenters. The second kappa shape index (κ2) is 4.92. The van der Waals surface area contributed by atoms with Gasteiger partial charge in [0.25, 0.3) is 0 Å². The standard InChI is InChI=1S/C4H11NSi/c1-5-3-2-4-6/h2,4-5H,3H2,1,6H3. The molecule has 0 bridgehead atoms. The highest BCUT2D eigenvalue weighted by Gasteiger charge is 1.61. The SMILES string of the molecule is CNCC=C[SiH3]. The summed E-state index contributed by atoms with van der Waals surface area (Å²) in [5.74, 6) is 0. The Morgan fingerprint density at radius 2 is 2.50 bits per heavy atom. The van der Waals surface area contributed by atoms with E-state index in [-0.39, 0.29) is 0 Å². The van der Waals surface area contributed by atoms with Crippen LogP contribution in [0.3, 0.4) is 0 Å². The summed E-state index contributed by atoms with van der Waals surface area (Å²) in [7, 11) is 3.13. The molecule has 0 aliphatic rings. The highest BCUT2D eigenvalue weighted by atomic mass is 28.1. The second-order valence-corrected chi connectivity index (χ2v) is 1.79. The first-order chi connectivity index (χ1) is 2.91. The Balaban J connectivity index is 2.66. The van der Waals surface area contributed by atoms with Gasteiger partial charge in [0.1, 0.15) is 0 Å². The van der Waals surface area contributed by atoms with Gasteiger partial charge in [0, 0.05) is 16.8 Å². The smallest absolute Gasteiger partial charge is 0.0287 e. The lowest BCUT2D eigenvalue weighted by molar-refractivity contribution is 0.921. The molecule has 0 aliphatic heterocycles. The van der Waals surface area contributed by atoms with Gasteiger partial charge in [-0.15, -0.1) is 5.70 Å². The fourth-order valence-corrected chi connectivity index (χ4v) is 0.471. The Kier molecular flexibility index (Phi) is 4.85. The van der Waals surface area contributed by atoms with Gasteiger partial charge in [0.2, 0.25) is 0 Å². The lowest BCUT2D eigenvalue weighted by atomic mass is 10.6. The van der Waals surface area contributed by atoms with E-state index >= 15 is 0 Å². The first kappa shape index (κ1) is 5.92. The van der Waals surface area contributed by atoms with E-state index in [1.807, 2.05) is 7.05 Å². The fraction of sp³-hybridized carbons (Fsp3) is 0.500. The van der Waals surface area contributed by atoms with E-state index in [2.05, 4.69) is 17.1 Å². The van der Waals surface area contributed by atoms with Crippen LogP contribution in [0.5, 0.6) is 0 Å². The molecule has 0 aromatic heterocycles. The van der Waals surface area contributed by atoms with Crippen LogP contribution in [-0.4, -0.2) is 23.8 Å². The number of nitrogens with one attached hydrogen (secondary N) is 1. The van der Waals surface area contributed by atoms with Crippen molar-refractivity contribution in [1.82, 2.24) is 5.32 Å². The molecule has 0 aliphatic carbocycles. The fourth-order valence-electron chi connectivity index (χ4n) is 0.236. The van der Waals surface area contributed by atoms with Crippen LogP contribution in [0.2, 0.25) is 0 Å². The maximum Gasteiger partial charge on any atom is 0.0287 e. The molecule has 36 valence electrons. The van der Waals surface area contributed by atoms with E-state index in [1.54, 1.807) is 0 Å². The molecule has 0 aromatic rings. The van der Waals surface area contributed by atoms with Crippen LogP contribution in [0.4, 0.5) is 0 Å². The van der Waals surface area contributed by atoms with E-state index in [1.165, 1.54) is 10.2 Å². The van der Waals surface area contributed by atoms with Crippen molar-refractivity contribution in [3.05, 3.63) is 11.8 Å². The lowest BCUT2D eigenvalue weighted by Crippen LogP contribution is -2.03. The van der Waals surface area contributed by atoms with Crippen LogP contribution in [0, 0.1) is 0 Å². The molecule has 0 saturated carbocycles. The van der Waals surface area contributed by atoms with E-state index in [9.17, 15) is 0 Å². The Bertz CT molecular complexity index is 42.8. The van der Waals surface area contributed by atoms with Crippen molar-refractivity contribution in [3.8, 4) is 0 Å². The molecular formula is C4H11NSi. The Labute approximate surface area is 41.9 Å². The summed E-state index contributed by atoms with van der Waals surface area (Å²) >= 11 is 0. The van der Waals surface area contributed by atoms with Gasteiger partial charge in [-0.05, 0) is 7.05 Å². The van der Waals surface area contributed by atoms with E-state index in [0.29, 0.717) is 0 Å². The minimum Gasteiger partial charge on any atom is -0.316 e. The van der Waals surface area contributed by atoms with Gasteiger partial charge in [-0.1, -0.05) is 6.08 Å². The van der Waals surface area contributed by atoms with Crippen molar-refractivity contribution in [3.63, 3.8) is 0 Å². The summed E-state index contributed by atoms with van der Waals surface area (Å²) in [5, 5.41) is 3.00. The molecule has 0 rings (SSSR count). The molecule has 2 heteroatoms. The zero-order chi connectivity index (χ0) is 4.83. The molecule has 1 nitrogen and oxygen atoms in total. The van der Waals surface area contributed by atoms with Crippen molar-refractivity contribution in [1.29, 1.82) is 0 Å². The predicted octanol–water partition coefficient (Wildman–Crippen LogP) is -0.915. The van der Waals surface area contributed by atoms with Crippen LogP contribution in [0.15, 0.2) is 11.8 Å². The molecule has 0 spiro atoms. The van der Waals surface area contributed by atoms with Gasteiger partial charge in [0.05, 0.1) is 0 Å². The van der Waals surface area contributed by atoms with Gasteiger partial charge in [0.15, 0.2) is 0 Å². The second-order valence-electron chi connectivity index (χ2n) is 1.13. The maximum atomic E-state index is 3.00. The first-order valence-electron chi connectivity index (χ1n) is 2.17. The molecular weight excluding hydrogens is 90.1 g/mol. The number of hydrogen-bond acceptors (Lipinski definition) is 1. The highest BCUT2D eigenvalue weighted by Crippen LogP contribution is 1.56. The van der Waals surface area contributed by atoms with Crippen molar-refractivity contribution in [2.45, 2.75) is 0 Å². The largest absolute Gasteiger partial charge is 0.316 e. The van der Waals surface area contributed by atoms with Crippen LogP contribution >= 0.6 is 0 Å². The third-order valence-electron chi connectivity index (χ3n) is 0.558. The summed E-state index contributed by atoms with van der Waals surface area (Å²) in [4.78, 5) is 0. The Morgan fingerprint density at radius 3 is 2.67 bits per heavy atom. The van der Waals surface area contributed by atoms with E-state index < -0.39 is 0 Å². The molecule has 0 fully saturated rings. The minimum atomic E-state index is 1.02. The normalized spacial score (nSPS) is 10.8. The average Bonchev–Trinajstić information content (AvgIpc) is 1.61. The molecule has 6 heavy (non-hydrogen) atoms. The third kappa shape index (κ3) is 3.92. The van der Waals surface area contributed by atoms with Crippen LogP contribution < -0.4 is 5.32 Å². The number of hydrogen-bond donors (Lipinski definition) is 1. The Morgan fingerprint density at radius 1 is 1.83 bits per heavy atom. The van der Waals surface area contributed by atoms with Gasteiger partial charge in [-0.25, -0.2) is 0 Å². The summed E-state index contributed by atoms with van der Waals surface area (Å²) in [5.41, 5.74) is 2.16. The third-order valence-corrected chi connectivity index (χ3v) is 1.03. The maximum absolute atomic E-state index is 3.00. The monoisotopic (exact) mass is 101 g/mol. The average molecular weight is 101 g/mol. The lowest BCUT2D eigenvalue weighted by Gasteiger charge is -1.81. The van der Waals surface area contributed by atoms with Gasteiger partial charge >= 0.3 is 0 Å². The van der Waals surface area contributed by atoms with Crippen molar-refractivity contribution in [2.24, 2.45) is 0 Å². The zero-order valence-electron chi connectivity index (χ0n) is 4.36. The van der Waals surface area contributed by atoms with Gasteiger partial charge < -0.3 is 5.32 Å². The first-order valence-corrected chi connectivity index (χ1v) is 3.33. The van der Waals surface area contributed by atoms with Crippen molar-refractivity contribution >= 4 is 10.2 Å². The molecule has 0 amide bonds. The van der Waals surface area contributed by atoms with E-state index in [0.717, 1.165) is 6.54 Å². The Hall–Kier alpha value is -0.0831. The molecule has 0 saturated heterocycles. The molecule has 0 atom stereocenters. The molecule has 0 aromatic carbocycles. The summed E-state index contributed by atoms with van der Waals surface area (Å²) in [6.45, 7) is 1.02. The summed E-state index contributed by atoms with van der Waals surface area (Å²) in [6, 6.07) is 0. The predicted molar refractivity (Wildman–Crippen MR) is 33.0 cm³/mol. The summed E-state index contributed by atoms with van der Waals surface area (Å²) in [6.07, 6.45) is 2.13. The van der Waals surface area contributed by atoms with E-state index in [4.69, 9.17) is 0 Å². The van der Waals surface area contributed by atoms with Crippen molar-refractivity contribution < 1.29 is 0 Å². The number of rotatable bonds is 2. The number of likely N-dealkylation sites (N-methyl/N-ethyl adjacent to an activating group) is 1. The highest BCUT2D eigenvalue weighted by molar-refractivity contribution is 6.16. The molecule has 1 N–H and O–H groups in total. The van der Waals surface area contributed by atoms with Crippen LogP contribution in [-0.2, 0) is 0 Å². The molecule has 0 heterocycles. The van der Waals surface area contributed by atoms with Gasteiger partial charge in [-0.3, -0.25) is 0 Å². The van der Waals surface area contributed by atoms with Crippen molar-refractivity contribution in [2.75, 3.05) is 13.6 Å². The summed E-state index contributed by atoms with van der Waals surface area (Å²) < 4.78 is 0. The quantitative estimate of drug-likeness (QED) is 0.444. The zero-order valence-corrected chi connectivity index (χ0v) is 6.36. The van der Waals surface area contributed by atoms with Crippen LogP contribution in [0.1, 0.15) is 0 Å². The minimum absolute atomic E-state index is 1.02. The molecule has 0 radical (unpaired) electrons. The van der Waals surface area contributed by atoms with Gasteiger partial charge in [-0.2, -0.15) is 0 Å². The topological polar surface area (TPSA) is 12.0 Å².